The number of nitrogens with one attached hydrogen (secondary N) is 1. The number of benzene rings is 1. The van der Waals surface area contributed by atoms with Crippen LogP contribution in [0.4, 0.5) is 0 Å². The normalized spacial score (nSPS) is 21.9. The van der Waals surface area contributed by atoms with Crippen LogP contribution >= 0.6 is 15.9 Å². The van der Waals surface area contributed by atoms with Crippen LogP contribution in [0, 0.1) is 5.92 Å². The number of carboxylic acids is 1. The van der Waals surface area contributed by atoms with Gasteiger partial charge in [0.15, 0.2) is 0 Å². The van der Waals surface area contributed by atoms with Crippen molar-refractivity contribution in [1.29, 1.82) is 0 Å². The second kappa shape index (κ2) is 9.32. The predicted molar refractivity (Wildman–Crippen MR) is 96.2 cm³/mol. The van der Waals surface area contributed by atoms with Crippen LogP contribution < -0.4 is 5.32 Å². The van der Waals surface area contributed by atoms with Crippen LogP contribution in [0.15, 0.2) is 33.6 Å². The number of rotatable bonds is 7. The Morgan fingerprint density at radius 3 is 2.38 bits per heavy atom. The van der Waals surface area contributed by atoms with Crippen molar-refractivity contribution in [3.8, 4) is 0 Å². The molecule has 0 bridgehead atoms. The Balaban J connectivity index is 1.66. The lowest BCUT2D eigenvalue weighted by molar-refractivity contribution is -0.142. The molecule has 0 radical (unpaired) electrons. The van der Waals surface area contributed by atoms with Crippen molar-refractivity contribution in [3.63, 3.8) is 0 Å². The standard InChI is InChI=1S/C17H22BrNO4S/c18-13-5-9-15(10-6-13)24(23)11-1-2-16(20)19-14-7-3-12(4-8-14)17(21)22/h5-6,9-10,12,14H,1-4,7-8,11H2,(H,19,20)(H,21,22)/t12?,14?,24-/m1/s1. The zero-order valence-corrected chi connectivity index (χ0v) is 15.8. The van der Waals surface area contributed by atoms with Gasteiger partial charge in [0.05, 0.1) is 16.7 Å². The highest BCUT2D eigenvalue weighted by Crippen LogP contribution is 2.24. The lowest BCUT2D eigenvalue weighted by Gasteiger charge is -2.26. The smallest absolute Gasteiger partial charge is 0.306 e. The van der Waals surface area contributed by atoms with Crippen molar-refractivity contribution >= 4 is 38.6 Å². The first-order valence-corrected chi connectivity index (χ1v) is 10.2. The van der Waals surface area contributed by atoms with Gasteiger partial charge in [-0.2, -0.15) is 0 Å². The summed E-state index contributed by atoms with van der Waals surface area (Å²) in [5.74, 6) is -0.593. The van der Waals surface area contributed by atoms with Crippen LogP contribution in [0.2, 0.25) is 0 Å². The first-order chi connectivity index (χ1) is 11.5. The second-order valence-corrected chi connectivity index (χ2v) is 8.55. The van der Waals surface area contributed by atoms with Crippen molar-refractivity contribution in [3.05, 3.63) is 28.7 Å². The van der Waals surface area contributed by atoms with Gasteiger partial charge >= 0.3 is 5.97 Å². The van der Waals surface area contributed by atoms with Gasteiger partial charge < -0.3 is 10.4 Å². The molecular weight excluding hydrogens is 394 g/mol. The van der Waals surface area contributed by atoms with Gasteiger partial charge in [-0.15, -0.1) is 0 Å². The van der Waals surface area contributed by atoms with Crippen molar-refractivity contribution in [2.75, 3.05) is 5.75 Å². The number of hydrogen-bond donors (Lipinski definition) is 2. The van der Waals surface area contributed by atoms with E-state index in [4.69, 9.17) is 5.11 Å². The molecule has 1 saturated carbocycles. The number of halogens is 1. The van der Waals surface area contributed by atoms with Gasteiger partial charge in [-0.05, 0) is 56.4 Å². The highest BCUT2D eigenvalue weighted by molar-refractivity contribution is 9.10. The van der Waals surface area contributed by atoms with Crippen LogP contribution in [-0.2, 0) is 20.4 Å². The molecule has 2 rings (SSSR count). The molecule has 5 nitrogen and oxygen atoms in total. The average molecular weight is 416 g/mol. The molecule has 1 atom stereocenters. The van der Waals surface area contributed by atoms with Gasteiger partial charge in [0.2, 0.25) is 5.91 Å². The molecular formula is C17H22BrNO4S. The molecule has 7 heteroatoms. The monoisotopic (exact) mass is 415 g/mol. The molecule has 0 heterocycles. The summed E-state index contributed by atoms with van der Waals surface area (Å²) in [6, 6.07) is 7.42. The summed E-state index contributed by atoms with van der Waals surface area (Å²) in [6.45, 7) is 0. The maximum atomic E-state index is 12.1. The summed E-state index contributed by atoms with van der Waals surface area (Å²) in [5, 5.41) is 11.9. The Kier molecular flexibility index (Phi) is 7.42. The van der Waals surface area contributed by atoms with E-state index in [2.05, 4.69) is 21.2 Å². The van der Waals surface area contributed by atoms with Crippen LogP contribution in [0.1, 0.15) is 38.5 Å². The minimum Gasteiger partial charge on any atom is -0.481 e. The van der Waals surface area contributed by atoms with Gasteiger partial charge in [-0.1, -0.05) is 15.9 Å². The number of carboxylic acid groups (broad SMARTS) is 1. The third-order valence-electron chi connectivity index (χ3n) is 4.25. The number of carbonyl (C=O) groups excluding carboxylic acids is 1. The first-order valence-electron chi connectivity index (χ1n) is 8.12. The van der Waals surface area contributed by atoms with E-state index >= 15 is 0 Å². The van der Waals surface area contributed by atoms with Crippen molar-refractivity contribution in [2.45, 2.75) is 49.5 Å². The lowest BCUT2D eigenvalue weighted by Crippen LogP contribution is -2.38. The largest absolute Gasteiger partial charge is 0.481 e. The van der Waals surface area contributed by atoms with Gasteiger partial charge in [0.25, 0.3) is 0 Å². The highest BCUT2D eigenvalue weighted by atomic mass is 79.9. The van der Waals surface area contributed by atoms with Crippen molar-refractivity contribution in [1.82, 2.24) is 5.32 Å². The zero-order valence-electron chi connectivity index (χ0n) is 13.4. The minimum absolute atomic E-state index is 0.0402. The molecule has 132 valence electrons. The molecule has 1 fully saturated rings. The summed E-state index contributed by atoms with van der Waals surface area (Å²) in [5.41, 5.74) is 0. The van der Waals surface area contributed by atoms with E-state index in [9.17, 15) is 13.8 Å². The fourth-order valence-electron chi connectivity index (χ4n) is 2.85. The fourth-order valence-corrected chi connectivity index (χ4v) is 4.20. The third-order valence-corrected chi connectivity index (χ3v) is 6.24. The molecule has 1 amide bonds. The molecule has 1 aromatic carbocycles. The number of carbonyl (C=O) groups is 2. The van der Waals surface area contributed by atoms with Crippen LogP contribution in [0.25, 0.3) is 0 Å². The second-order valence-electron chi connectivity index (χ2n) is 6.06. The zero-order chi connectivity index (χ0) is 17.5. The summed E-state index contributed by atoms with van der Waals surface area (Å²) in [7, 11) is -1.09. The Hall–Kier alpha value is -1.21. The maximum Gasteiger partial charge on any atom is 0.306 e. The molecule has 0 aromatic heterocycles. The number of aliphatic carboxylic acids is 1. The molecule has 1 aliphatic rings. The SMILES string of the molecule is O=C(CCC[S@@](=O)c1ccc(Br)cc1)NC1CCC(C(=O)O)CC1. The van der Waals surface area contributed by atoms with Gasteiger partial charge in [-0.3, -0.25) is 13.8 Å². The Labute approximate surface area is 152 Å². The van der Waals surface area contributed by atoms with E-state index in [1.807, 2.05) is 24.3 Å². The van der Waals surface area contributed by atoms with Gasteiger partial charge in [-0.25, -0.2) is 0 Å². The first kappa shape index (κ1) is 19.1. The number of amides is 1. The van der Waals surface area contributed by atoms with Crippen molar-refractivity contribution in [2.24, 2.45) is 5.92 Å². The van der Waals surface area contributed by atoms with Gasteiger partial charge in [0.1, 0.15) is 0 Å². The number of hydrogen-bond acceptors (Lipinski definition) is 3. The van der Waals surface area contributed by atoms with Gasteiger partial charge in [0, 0.05) is 27.6 Å². The summed E-state index contributed by atoms with van der Waals surface area (Å²) < 4.78 is 13.1. The third kappa shape index (κ3) is 6.02. The molecule has 0 spiro atoms. The van der Waals surface area contributed by atoms with Crippen molar-refractivity contribution < 1.29 is 18.9 Å². The molecule has 1 aromatic rings. The predicted octanol–water partition coefficient (Wildman–Crippen LogP) is 3.10. The van der Waals surface area contributed by atoms with E-state index in [1.165, 1.54) is 0 Å². The Morgan fingerprint density at radius 1 is 1.17 bits per heavy atom. The topological polar surface area (TPSA) is 83.5 Å². The Bertz CT molecular complexity index is 597. The molecule has 2 N–H and O–H groups in total. The lowest BCUT2D eigenvalue weighted by atomic mass is 9.86. The summed E-state index contributed by atoms with van der Waals surface area (Å²) >= 11 is 3.34. The van der Waals surface area contributed by atoms with Crippen LogP contribution in [0.3, 0.4) is 0 Å². The van der Waals surface area contributed by atoms with Crippen LogP contribution in [0.5, 0.6) is 0 Å². The molecule has 1 aliphatic carbocycles. The fraction of sp³-hybridized carbons (Fsp3) is 0.529. The average Bonchev–Trinajstić information content (AvgIpc) is 2.55. The molecule has 24 heavy (non-hydrogen) atoms. The maximum absolute atomic E-state index is 12.1. The minimum atomic E-state index is -1.09. The van der Waals surface area contributed by atoms with E-state index in [0.717, 1.165) is 9.37 Å². The van der Waals surface area contributed by atoms with E-state index in [0.29, 0.717) is 44.3 Å². The Morgan fingerprint density at radius 2 is 1.79 bits per heavy atom. The molecule has 0 saturated heterocycles. The quantitative estimate of drug-likeness (QED) is 0.716. The highest BCUT2D eigenvalue weighted by Gasteiger charge is 2.26. The molecule has 0 unspecified atom stereocenters. The van der Waals surface area contributed by atoms with E-state index in [-0.39, 0.29) is 17.9 Å². The summed E-state index contributed by atoms with van der Waals surface area (Å²) in [4.78, 5) is 23.6. The molecule has 0 aliphatic heterocycles. The van der Waals surface area contributed by atoms with E-state index in [1.54, 1.807) is 0 Å². The summed E-state index contributed by atoms with van der Waals surface area (Å²) in [6.07, 6.45) is 3.59. The van der Waals surface area contributed by atoms with E-state index < -0.39 is 16.8 Å². The van der Waals surface area contributed by atoms with Crippen LogP contribution in [-0.4, -0.2) is 33.0 Å².